The summed E-state index contributed by atoms with van der Waals surface area (Å²) in [6.07, 6.45) is 0. The molecule has 0 saturated heterocycles. The smallest absolute Gasteiger partial charge is 0.131 e. The summed E-state index contributed by atoms with van der Waals surface area (Å²) in [5.74, 6) is 1.96. The third-order valence-corrected chi connectivity index (χ3v) is 5.90. The van der Waals surface area contributed by atoms with Gasteiger partial charge in [-0.05, 0) is 12.1 Å². The lowest BCUT2D eigenvalue weighted by Gasteiger charge is -2.41. The van der Waals surface area contributed by atoms with E-state index in [2.05, 4.69) is 63.7 Å². The standard InChI is InChI=1S/C15H28N3P/c1-14(2,3)19(15(4,5)6)17-12-10-9-11-13(16-12)18(7)8/h9-11H,1-8H3,(H,16,17). The van der Waals surface area contributed by atoms with Crippen molar-refractivity contribution in [3.63, 3.8) is 0 Å². The van der Waals surface area contributed by atoms with Gasteiger partial charge in [0.05, 0.1) is 0 Å². The van der Waals surface area contributed by atoms with Gasteiger partial charge in [-0.2, -0.15) is 0 Å². The molecule has 0 fully saturated rings. The highest BCUT2D eigenvalue weighted by molar-refractivity contribution is 7.62. The van der Waals surface area contributed by atoms with E-state index in [1.165, 1.54) is 0 Å². The van der Waals surface area contributed by atoms with Gasteiger partial charge < -0.3 is 9.99 Å². The van der Waals surface area contributed by atoms with Crippen molar-refractivity contribution in [3.05, 3.63) is 18.2 Å². The van der Waals surface area contributed by atoms with Crippen molar-refractivity contribution < 1.29 is 0 Å². The van der Waals surface area contributed by atoms with Crippen molar-refractivity contribution in [1.29, 1.82) is 0 Å². The van der Waals surface area contributed by atoms with Crippen LogP contribution in [0.5, 0.6) is 0 Å². The van der Waals surface area contributed by atoms with Gasteiger partial charge in [-0.15, -0.1) is 0 Å². The van der Waals surface area contributed by atoms with Gasteiger partial charge in [-0.1, -0.05) is 47.6 Å². The molecule has 1 heterocycles. The Bertz CT molecular complexity index is 402. The maximum atomic E-state index is 4.67. The van der Waals surface area contributed by atoms with E-state index in [1.807, 2.05) is 25.1 Å². The van der Waals surface area contributed by atoms with E-state index >= 15 is 0 Å². The summed E-state index contributed by atoms with van der Waals surface area (Å²) in [4.78, 5) is 6.70. The molecule has 4 heteroatoms. The maximum absolute atomic E-state index is 4.67. The predicted molar refractivity (Wildman–Crippen MR) is 88.6 cm³/mol. The molecule has 0 bridgehead atoms. The second kappa shape index (κ2) is 5.66. The Morgan fingerprint density at radius 2 is 1.53 bits per heavy atom. The number of hydrogen-bond acceptors (Lipinski definition) is 3. The van der Waals surface area contributed by atoms with E-state index in [0.29, 0.717) is 0 Å². The summed E-state index contributed by atoms with van der Waals surface area (Å²) >= 11 is 0. The molecular formula is C15H28N3P. The van der Waals surface area contributed by atoms with Crippen LogP contribution in [-0.2, 0) is 0 Å². The molecule has 19 heavy (non-hydrogen) atoms. The second-order valence-corrected chi connectivity index (χ2v) is 10.6. The highest BCUT2D eigenvalue weighted by Gasteiger charge is 2.35. The van der Waals surface area contributed by atoms with Crippen LogP contribution in [0, 0.1) is 0 Å². The molecule has 0 radical (unpaired) electrons. The summed E-state index contributed by atoms with van der Waals surface area (Å²) in [7, 11) is 3.65. The van der Waals surface area contributed by atoms with E-state index in [4.69, 9.17) is 0 Å². The summed E-state index contributed by atoms with van der Waals surface area (Å²) in [6, 6.07) is 6.14. The van der Waals surface area contributed by atoms with Crippen LogP contribution >= 0.6 is 8.07 Å². The molecule has 0 aliphatic heterocycles. The van der Waals surface area contributed by atoms with Crippen LogP contribution in [0.4, 0.5) is 11.6 Å². The highest BCUT2D eigenvalue weighted by atomic mass is 31.1. The van der Waals surface area contributed by atoms with E-state index < -0.39 is 0 Å². The molecule has 0 spiro atoms. The molecule has 3 nitrogen and oxygen atoms in total. The van der Waals surface area contributed by atoms with E-state index in [1.54, 1.807) is 0 Å². The number of pyridine rings is 1. The van der Waals surface area contributed by atoms with Gasteiger partial charge in [0, 0.05) is 32.5 Å². The van der Waals surface area contributed by atoms with Crippen molar-refractivity contribution in [3.8, 4) is 0 Å². The van der Waals surface area contributed by atoms with Gasteiger partial charge in [-0.3, -0.25) is 0 Å². The Morgan fingerprint density at radius 1 is 1.00 bits per heavy atom. The summed E-state index contributed by atoms with van der Waals surface area (Å²) in [6.45, 7) is 13.8. The number of aromatic nitrogens is 1. The fourth-order valence-corrected chi connectivity index (χ4v) is 5.23. The molecular weight excluding hydrogens is 253 g/mol. The molecule has 0 unspecified atom stereocenters. The number of rotatable bonds is 3. The predicted octanol–water partition coefficient (Wildman–Crippen LogP) is 4.55. The molecule has 108 valence electrons. The lowest BCUT2D eigenvalue weighted by molar-refractivity contribution is 0.710. The van der Waals surface area contributed by atoms with Crippen molar-refractivity contribution in [2.45, 2.75) is 51.9 Å². The molecule has 0 amide bonds. The van der Waals surface area contributed by atoms with Crippen LogP contribution < -0.4 is 9.99 Å². The SMILES string of the molecule is CN(C)c1cccc(NP(C(C)(C)C)C(C)(C)C)n1. The van der Waals surface area contributed by atoms with Crippen LogP contribution in [0.25, 0.3) is 0 Å². The number of anilines is 2. The third-order valence-electron chi connectivity index (χ3n) is 2.76. The number of nitrogens with one attached hydrogen (secondary N) is 1. The Morgan fingerprint density at radius 3 is 1.95 bits per heavy atom. The zero-order valence-corrected chi connectivity index (χ0v) is 14.5. The topological polar surface area (TPSA) is 28.2 Å². The first-order chi connectivity index (χ1) is 8.51. The Balaban J connectivity index is 3.01. The Labute approximate surface area is 119 Å². The first-order valence-electron chi connectivity index (χ1n) is 6.73. The van der Waals surface area contributed by atoms with Crippen molar-refractivity contribution in [1.82, 2.24) is 4.98 Å². The molecule has 1 N–H and O–H groups in total. The first kappa shape index (κ1) is 16.2. The Hall–Kier alpha value is -0.820. The molecule has 0 saturated carbocycles. The average molecular weight is 281 g/mol. The van der Waals surface area contributed by atoms with Crippen LogP contribution in [0.15, 0.2) is 18.2 Å². The quantitative estimate of drug-likeness (QED) is 0.824. The largest absolute Gasteiger partial charge is 0.363 e. The number of hydrogen-bond donors (Lipinski definition) is 1. The molecule has 0 aliphatic carbocycles. The van der Waals surface area contributed by atoms with Gasteiger partial charge in [0.2, 0.25) is 0 Å². The van der Waals surface area contributed by atoms with E-state index in [-0.39, 0.29) is 18.4 Å². The van der Waals surface area contributed by atoms with Crippen LogP contribution in [0.2, 0.25) is 0 Å². The molecule has 0 atom stereocenters. The molecule has 1 aromatic heterocycles. The monoisotopic (exact) mass is 281 g/mol. The molecule has 1 aromatic rings. The van der Waals surface area contributed by atoms with Crippen LogP contribution in [0.3, 0.4) is 0 Å². The normalized spacial score (nSPS) is 12.7. The van der Waals surface area contributed by atoms with Crippen LogP contribution in [-0.4, -0.2) is 29.4 Å². The minimum Gasteiger partial charge on any atom is -0.363 e. The minimum absolute atomic E-state index is 0.239. The number of nitrogens with zero attached hydrogens (tertiary/aromatic N) is 2. The minimum atomic E-state index is -0.382. The molecule has 0 aromatic carbocycles. The Kier molecular flexibility index (Phi) is 4.84. The second-order valence-electron chi connectivity index (χ2n) is 7.06. The fraction of sp³-hybridized carbons (Fsp3) is 0.667. The molecule has 0 aliphatic rings. The maximum Gasteiger partial charge on any atom is 0.131 e. The van der Waals surface area contributed by atoms with Gasteiger partial charge in [0.25, 0.3) is 0 Å². The lowest BCUT2D eigenvalue weighted by Crippen LogP contribution is -2.29. The van der Waals surface area contributed by atoms with Gasteiger partial charge >= 0.3 is 0 Å². The van der Waals surface area contributed by atoms with E-state index in [9.17, 15) is 0 Å². The molecule has 1 rings (SSSR count). The highest BCUT2D eigenvalue weighted by Crippen LogP contribution is 2.58. The summed E-state index contributed by atoms with van der Waals surface area (Å²) in [5, 5.41) is 4.16. The summed E-state index contributed by atoms with van der Waals surface area (Å²) < 4.78 is 0. The first-order valence-corrected chi connectivity index (χ1v) is 8.07. The average Bonchev–Trinajstić information content (AvgIpc) is 2.23. The van der Waals surface area contributed by atoms with Gasteiger partial charge in [0.15, 0.2) is 0 Å². The van der Waals surface area contributed by atoms with Gasteiger partial charge in [0.1, 0.15) is 11.6 Å². The van der Waals surface area contributed by atoms with Gasteiger partial charge in [-0.25, -0.2) is 4.98 Å². The zero-order valence-electron chi connectivity index (χ0n) is 13.6. The lowest BCUT2D eigenvalue weighted by atomic mass is 10.2. The third kappa shape index (κ3) is 4.65. The fourth-order valence-electron chi connectivity index (χ4n) is 2.19. The van der Waals surface area contributed by atoms with Crippen molar-refractivity contribution in [2.24, 2.45) is 0 Å². The van der Waals surface area contributed by atoms with E-state index in [0.717, 1.165) is 11.6 Å². The zero-order chi connectivity index (χ0) is 14.8. The van der Waals surface area contributed by atoms with Crippen molar-refractivity contribution in [2.75, 3.05) is 24.1 Å². The van der Waals surface area contributed by atoms with Crippen molar-refractivity contribution >= 4 is 19.7 Å². The summed E-state index contributed by atoms with van der Waals surface area (Å²) in [5.41, 5.74) is 0. The van der Waals surface area contributed by atoms with Crippen LogP contribution in [0.1, 0.15) is 41.5 Å².